The minimum atomic E-state index is 0.632. The van der Waals surface area contributed by atoms with Gasteiger partial charge in [0.25, 0.3) is 0 Å². The first-order valence-electron chi connectivity index (χ1n) is 6.90. The van der Waals surface area contributed by atoms with Crippen molar-refractivity contribution >= 4 is 0 Å². The first kappa shape index (κ1) is 13.9. The summed E-state index contributed by atoms with van der Waals surface area (Å²) in [6.45, 7) is 15.4. The fourth-order valence-corrected chi connectivity index (χ4v) is 2.18. The summed E-state index contributed by atoms with van der Waals surface area (Å²) >= 11 is 0. The van der Waals surface area contributed by atoms with Crippen LogP contribution in [-0.4, -0.2) is 61.7 Å². The van der Waals surface area contributed by atoms with Gasteiger partial charge in [0.05, 0.1) is 0 Å². The number of nitrogens with one attached hydrogen (secondary N) is 1. The van der Waals surface area contributed by atoms with Crippen molar-refractivity contribution in [1.82, 2.24) is 15.1 Å². The van der Waals surface area contributed by atoms with E-state index in [0.717, 1.165) is 0 Å². The Morgan fingerprint density at radius 1 is 1.00 bits per heavy atom. The number of rotatable bonds is 7. The minimum absolute atomic E-state index is 0.632. The highest BCUT2D eigenvalue weighted by atomic mass is 15.3. The van der Waals surface area contributed by atoms with Crippen LogP contribution >= 0.6 is 0 Å². The van der Waals surface area contributed by atoms with E-state index >= 15 is 0 Å². The number of likely N-dealkylation sites (N-methyl/N-ethyl adjacent to an activating group) is 1. The van der Waals surface area contributed by atoms with Crippen LogP contribution in [0.5, 0.6) is 0 Å². The predicted molar refractivity (Wildman–Crippen MR) is 70.9 cm³/mol. The first-order chi connectivity index (χ1) is 7.72. The molecule has 0 aromatic heterocycles. The highest BCUT2D eigenvalue weighted by molar-refractivity contribution is 4.70. The summed E-state index contributed by atoms with van der Waals surface area (Å²) in [7, 11) is 0. The van der Waals surface area contributed by atoms with Gasteiger partial charge in [0, 0.05) is 32.2 Å². The molecule has 0 unspecified atom stereocenters. The van der Waals surface area contributed by atoms with Crippen LogP contribution in [0.1, 0.15) is 33.6 Å². The van der Waals surface area contributed by atoms with E-state index in [-0.39, 0.29) is 0 Å². The molecule has 3 heteroatoms. The molecule has 1 N–H and O–H groups in total. The van der Waals surface area contributed by atoms with Gasteiger partial charge in [-0.1, -0.05) is 20.8 Å². The largest absolute Gasteiger partial charge is 0.315 e. The molecule has 1 aliphatic rings. The fourth-order valence-electron chi connectivity index (χ4n) is 2.18. The summed E-state index contributed by atoms with van der Waals surface area (Å²) in [4.78, 5) is 5.15. The third-order valence-corrected chi connectivity index (χ3v) is 3.37. The maximum absolute atomic E-state index is 3.47. The normalized spacial score (nSPS) is 19.5. The van der Waals surface area contributed by atoms with E-state index in [9.17, 15) is 0 Å². The summed E-state index contributed by atoms with van der Waals surface area (Å²) in [6, 6.07) is 0.632. The molecule has 0 aromatic carbocycles. The Morgan fingerprint density at radius 3 is 2.19 bits per heavy atom. The Bertz CT molecular complexity index is 163. The summed E-state index contributed by atoms with van der Waals surface area (Å²) in [6.07, 6.45) is 2.65. The lowest BCUT2D eigenvalue weighted by Crippen LogP contribution is -2.46. The topological polar surface area (TPSA) is 18.5 Å². The van der Waals surface area contributed by atoms with Crippen molar-refractivity contribution in [2.24, 2.45) is 0 Å². The molecule has 0 spiro atoms. The molecule has 0 atom stereocenters. The number of unbranched alkanes of at least 4 members (excludes halogenated alkanes) is 1. The molecule has 0 radical (unpaired) electrons. The Labute approximate surface area is 101 Å². The van der Waals surface area contributed by atoms with E-state index in [4.69, 9.17) is 0 Å². The van der Waals surface area contributed by atoms with E-state index < -0.39 is 0 Å². The molecule has 0 amide bonds. The van der Waals surface area contributed by atoms with Crippen molar-refractivity contribution < 1.29 is 0 Å². The van der Waals surface area contributed by atoms with Crippen molar-refractivity contribution in [3.8, 4) is 0 Å². The monoisotopic (exact) mass is 227 g/mol. The van der Waals surface area contributed by atoms with Gasteiger partial charge in [-0.15, -0.1) is 0 Å². The van der Waals surface area contributed by atoms with E-state index in [1.807, 2.05) is 0 Å². The molecule has 1 rings (SSSR count). The van der Waals surface area contributed by atoms with Crippen LogP contribution in [0.4, 0.5) is 0 Å². The van der Waals surface area contributed by atoms with Gasteiger partial charge in [0.15, 0.2) is 0 Å². The van der Waals surface area contributed by atoms with Gasteiger partial charge < -0.3 is 15.1 Å². The molecule has 0 bridgehead atoms. The lowest BCUT2D eigenvalue weighted by Gasteiger charge is -2.34. The number of piperazine rings is 1. The summed E-state index contributed by atoms with van der Waals surface area (Å²) in [5.74, 6) is 0. The predicted octanol–water partition coefficient (Wildman–Crippen LogP) is 1.40. The summed E-state index contributed by atoms with van der Waals surface area (Å²) in [5.41, 5.74) is 0. The molecular formula is C13H29N3. The highest BCUT2D eigenvalue weighted by Crippen LogP contribution is 2.02. The smallest absolute Gasteiger partial charge is 0.0110 e. The van der Waals surface area contributed by atoms with Gasteiger partial charge in [-0.05, 0) is 32.5 Å². The third-order valence-electron chi connectivity index (χ3n) is 3.37. The molecule has 0 aromatic rings. The van der Waals surface area contributed by atoms with Crippen molar-refractivity contribution in [3.63, 3.8) is 0 Å². The third kappa shape index (κ3) is 5.83. The second-order valence-electron chi connectivity index (χ2n) is 5.09. The van der Waals surface area contributed by atoms with E-state index in [1.165, 1.54) is 58.7 Å². The highest BCUT2D eigenvalue weighted by Gasteiger charge is 2.14. The van der Waals surface area contributed by atoms with Crippen LogP contribution in [0, 0.1) is 0 Å². The van der Waals surface area contributed by atoms with Gasteiger partial charge in [0.2, 0.25) is 0 Å². The fraction of sp³-hybridized carbons (Fsp3) is 1.00. The van der Waals surface area contributed by atoms with Crippen molar-refractivity contribution in [2.75, 3.05) is 45.8 Å². The van der Waals surface area contributed by atoms with E-state index in [0.29, 0.717) is 6.04 Å². The molecule has 96 valence electrons. The van der Waals surface area contributed by atoms with Crippen molar-refractivity contribution in [3.05, 3.63) is 0 Å². The average Bonchev–Trinajstić information content (AvgIpc) is 2.29. The lowest BCUT2D eigenvalue weighted by molar-refractivity contribution is 0.135. The first-order valence-corrected chi connectivity index (χ1v) is 6.90. The van der Waals surface area contributed by atoms with Crippen LogP contribution in [-0.2, 0) is 0 Å². The molecule has 1 aliphatic heterocycles. The van der Waals surface area contributed by atoms with Crippen LogP contribution < -0.4 is 5.32 Å². The Balaban J connectivity index is 1.94. The van der Waals surface area contributed by atoms with Crippen LogP contribution in [0.3, 0.4) is 0 Å². The second kappa shape index (κ2) is 8.04. The second-order valence-corrected chi connectivity index (χ2v) is 5.09. The van der Waals surface area contributed by atoms with Crippen LogP contribution in [0.2, 0.25) is 0 Å². The zero-order valence-electron chi connectivity index (χ0n) is 11.3. The summed E-state index contributed by atoms with van der Waals surface area (Å²) < 4.78 is 0. The van der Waals surface area contributed by atoms with Gasteiger partial charge >= 0.3 is 0 Å². The maximum atomic E-state index is 3.47. The number of hydrogen-bond donors (Lipinski definition) is 1. The maximum Gasteiger partial charge on any atom is 0.0110 e. The quantitative estimate of drug-likeness (QED) is 0.663. The molecule has 1 saturated heterocycles. The molecule has 16 heavy (non-hydrogen) atoms. The number of nitrogens with zero attached hydrogens (tertiary/aromatic N) is 2. The Hall–Kier alpha value is -0.120. The zero-order valence-corrected chi connectivity index (χ0v) is 11.3. The molecular weight excluding hydrogens is 198 g/mol. The molecule has 1 fully saturated rings. The lowest BCUT2D eigenvalue weighted by atomic mass is 10.2. The zero-order chi connectivity index (χ0) is 11.8. The SMILES string of the molecule is CCN1CCN(CCCCNC(C)C)CC1. The van der Waals surface area contributed by atoms with Gasteiger partial charge in [-0.3, -0.25) is 0 Å². The average molecular weight is 227 g/mol. The van der Waals surface area contributed by atoms with Gasteiger partial charge in [0.1, 0.15) is 0 Å². The van der Waals surface area contributed by atoms with Crippen molar-refractivity contribution in [2.45, 2.75) is 39.7 Å². The van der Waals surface area contributed by atoms with Crippen LogP contribution in [0.25, 0.3) is 0 Å². The molecule has 0 saturated carbocycles. The van der Waals surface area contributed by atoms with Gasteiger partial charge in [-0.25, -0.2) is 0 Å². The van der Waals surface area contributed by atoms with E-state index in [1.54, 1.807) is 0 Å². The molecule has 3 nitrogen and oxygen atoms in total. The Kier molecular flexibility index (Phi) is 7.01. The standard InChI is InChI=1S/C13H29N3/c1-4-15-9-11-16(12-10-15)8-6-5-7-14-13(2)3/h13-14H,4-12H2,1-3H3. The summed E-state index contributed by atoms with van der Waals surface area (Å²) in [5, 5.41) is 3.47. The Morgan fingerprint density at radius 2 is 1.62 bits per heavy atom. The van der Waals surface area contributed by atoms with Crippen molar-refractivity contribution in [1.29, 1.82) is 0 Å². The van der Waals surface area contributed by atoms with Crippen LogP contribution in [0.15, 0.2) is 0 Å². The minimum Gasteiger partial charge on any atom is -0.315 e. The number of hydrogen-bond acceptors (Lipinski definition) is 3. The van der Waals surface area contributed by atoms with E-state index in [2.05, 4.69) is 35.9 Å². The molecule has 1 heterocycles. The molecule has 0 aliphatic carbocycles. The van der Waals surface area contributed by atoms with Gasteiger partial charge in [-0.2, -0.15) is 0 Å².